The van der Waals surface area contributed by atoms with Crippen molar-refractivity contribution in [3.63, 3.8) is 0 Å². The highest BCUT2D eigenvalue weighted by Gasteiger charge is 2.16. The molecule has 3 rings (SSSR count). The van der Waals surface area contributed by atoms with E-state index in [1.165, 1.54) is 0 Å². The molecule has 0 unspecified atom stereocenters. The first-order valence-electron chi connectivity index (χ1n) is 7.38. The molecule has 0 atom stereocenters. The molecule has 5 heteroatoms. The van der Waals surface area contributed by atoms with Crippen LogP contribution in [-0.4, -0.2) is 5.91 Å². The molecular formula is C19H15BrClNO2. The molecule has 1 heterocycles. The minimum absolute atomic E-state index is 0.207. The molecule has 0 radical (unpaired) electrons. The van der Waals surface area contributed by atoms with Gasteiger partial charge < -0.3 is 9.73 Å². The van der Waals surface area contributed by atoms with Crippen molar-refractivity contribution in [2.45, 2.75) is 13.8 Å². The van der Waals surface area contributed by atoms with Crippen LogP contribution in [0.1, 0.15) is 21.7 Å². The van der Waals surface area contributed by atoms with E-state index < -0.39 is 0 Å². The van der Waals surface area contributed by atoms with Crippen molar-refractivity contribution in [1.29, 1.82) is 0 Å². The number of carbonyl (C=O) groups is 1. The molecule has 0 aliphatic rings. The largest absolute Gasteiger partial charge is 0.461 e. The second kappa shape index (κ2) is 6.83. The summed E-state index contributed by atoms with van der Waals surface area (Å²) in [6.07, 6.45) is 0. The Bertz CT molecular complexity index is 900. The summed E-state index contributed by atoms with van der Waals surface area (Å²) < 4.78 is 6.74. The fraction of sp³-hybridized carbons (Fsp3) is 0.105. The highest BCUT2D eigenvalue weighted by atomic mass is 79.9. The number of benzene rings is 2. The van der Waals surface area contributed by atoms with Crippen molar-refractivity contribution >= 4 is 39.1 Å². The van der Waals surface area contributed by atoms with Crippen molar-refractivity contribution in [1.82, 2.24) is 0 Å². The van der Waals surface area contributed by atoms with Crippen LogP contribution in [0.25, 0.3) is 11.3 Å². The maximum atomic E-state index is 12.5. The standard InChI is InChI=1S/C19H15BrClNO2/c1-11-9-15(7-8-17(11)21)22-19(23)16-10-18(24-12(16)2)13-3-5-14(20)6-4-13/h3-10H,1-2H3,(H,22,23). The Morgan fingerprint density at radius 2 is 1.79 bits per heavy atom. The zero-order chi connectivity index (χ0) is 17.3. The maximum Gasteiger partial charge on any atom is 0.259 e. The summed E-state index contributed by atoms with van der Waals surface area (Å²) in [5.41, 5.74) is 3.05. The summed E-state index contributed by atoms with van der Waals surface area (Å²) in [6, 6.07) is 14.9. The van der Waals surface area contributed by atoms with Crippen molar-refractivity contribution in [2.75, 3.05) is 5.32 Å². The monoisotopic (exact) mass is 403 g/mol. The molecule has 2 aromatic carbocycles. The number of carbonyl (C=O) groups excluding carboxylic acids is 1. The minimum atomic E-state index is -0.207. The molecule has 0 saturated heterocycles. The van der Waals surface area contributed by atoms with Gasteiger partial charge in [-0.2, -0.15) is 0 Å². The van der Waals surface area contributed by atoms with E-state index in [9.17, 15) is 4.79 Å². The van der Waals surface area contributed by atoms with Gasteiger partial charge >= 0.3 is 0 Å². The lowest BCUT2D eigenvalue weighted by atomic mass is 10.1. The second-order valence-electron chi connectivity index (χ2n) is 5.51. The number of amides is 1. The van der Waals surface area contributed by atoms with E-state index in [-0.39, 0.29) is 5.91 Å². The fourth-order valence-electron chi connectivity index (χ4n) is 2.38. The van der Waals surface area contributed by atoms with Crippen LogP contribution in [0.2, 0.25) is 5.02 Å². The average molecular weight is 405 g/mol. The molecule has 24 heavy (non-hydrogen) atoms. The summed E-state index contributed by atoms with van der Waals surface area (Å²) in [7, 11) is 0. The third-order valence-corrected chi connectivity index (χ3v) is 4.66. The second-order valence-corrected chi connectivity index (χ2v) is 6.83. The Kier molecular flexibility index (Phi) is 4.78. The Balaban J connectivity index is 1.85. The fourth-order valence-corrected chi connectivity index (χ4v) is 2.77. The first kappa shape index (κ1) is 16.8. The van der Waals surface area contributed by atoms with Crippen molar-refractivity contribution < 1.29 is 9.21 Å². The third-order valence-electron chi connectivity index (χ3n) is 3.71. The highest BCUT2D eigenvalue weighted by molar-refractivity contribution is 9.10. The molecule has 0 fully saturated rings. The lowest BCUT2D eigenvalue weighted by Gasteiger charge is -2.06. The van der Waals surface area contributed by atoms with Gasteiger partial charge in [0.25, 0.3) is 5.91 Å². The molecule has 122 valence electrons. The van der Waals surface area contributed by atoms with Crippen LogP contribution in [0.5, 0.6) is 0 Å². The van der Waals surface area contributed by atoms with E-state index in [1.54, 1.807) is 25.1 Å². The summed E-state index contributed by atoms with van der Waals surface area (Å²) in [5, 5.41) is 3.55. The molecule has 0 saturated carbocycles. The zero-order valence-electron chi connectivity index (χ0n) is 13.2. The smallest absolute Gasteiger partial charge is 0.259 e. The van der Waals surface area contributed by atoms with Gasteiger partial charge in [0.05, 0.1) is 5.56 Å². The Morgan fingerprint density at radius 1 is 1.08 bits per heavy atom. The molecule has 0 spiro atoms. The first-order chi connectivity index (χ1) is 11.4. The quantitative estimate of drug-likeness (QED) is 0.562. The van der Waals surface area contributed by atoms with Gasteiger partial charge in [-0.15, -0.1) is 0 Å². The molecule has 0 bridgehead atoms. The number of rotatable bonds is 3. The van der Waals surface area contributed by atoms with E-state index in [4.69, 9.17) is 16.0 Å². The number of halogens is 2. The summed E-state index contributed by atoms with van der Waals surface area (Å²) in [4.78, 5) is 12.5. The van der Waals surface area contributed by atoms with Gasteiger partial charge in [-0.1, -0.05) is 39.7 Å². The van der Waals surface area contributed by atoms with Gasteiger partial charge in [0.15, 0.2) is 0 Å². The summed E-state index contributed by atoms with van der Waals surface area (Å²) >= 11 is 9.42. The van der Waals surface area contributed by atoms with Gasteiger partial charge in [-0.25, -0.2) is 0 Å². The van der Waals surface area contributed by atoms with Crippen LogP contribution in [-0.2, 0) is 0 Å². The number of aryl methyl sites for hydroxylation is 2. The minimum Gasteiger partial charge on any atom is -0.461 e. The lowest BCUT2D eigenvalue weighted by Crippen LogP contribution is -2.12. The van der Waals surface area contributed by atoms with Crippen molar-refractivity contribution in [3.8, 4) is 11.3 Å². The first-order valence-corrected chi connectivity index (χ1v) is 8.55. The number of hydrogen-bond donors (Lipinski definition) is 1. The predicted octanol–water partition coefficient (Wildman–Crippen LogP) is 6.23. The van der Waals surface area contributed by atoms with E-state index in [2.05, 4.69) is 21.2 Å². The van der Waals surface area contributed by atoms with Crippen LogP contribution >= 0.6 is 27.5 Å². The van der Waals surface area contributed by atoms with Crippen LogP contribution in [0.4, 0.5) is 5.69 Å². The van der Waals surface area contributed by atoms with Crippen LogP contribution < -0.4 is 5.32 Å². The van der Waals surface area contributed by atoms with Crippen molar-refractivity contribution in [3.05, 3.63) is 74.9 Å². The SMILES string of the molecule is Cc1cc(NC(=O)c2cc(-c3ccc(Br)cc3)oc2C)ccc1Cl. The molecule has 0 aliphatic carbocycles. The normalized spacial score (nSPS) is 10.7. The maximum absolute atomic E-state index is 12.5. The Morgan fingerprint density at radius 3 is 2.46 bits per heavy atom. The number of furan rings is 1. The van der Waals surface area contributed by atoms with E-state index >= 15 is 0 Å². The highest BCUT2D eigenvalue weighted by Crippen LogP contribution is 2.27. The Labute approximate surface area is 153 Å². The van der Waals surface area contributed by atoms with Gasteiger partial charge in [0.2, 0.25) is 0 Å². The Hall–Kier alpha value is -2.04. The molecule has 1 N–H and O–H groups in total. The zero-order valence-corrected chi connectivity index (χ0v) is 15.5. The van der Waals surface area contributed by atoms with E-state index in [1.807, 2.05) is 37.3 Å². The molecule has 1 amide bonds. The molecule has 1 aromatic heterocycles. The molecule has 0 aliphatic heterocycles. The van der Waals surface area contributed by atoms with Gasteiger partial charge in [-0.05, 0) is 55.8 Å². The lowest BCUT2D eigenvalue weighted by molar-refractivity contribution is 0.102. The summed E-state index contributed by atoms with van der Waals surface area (Å²) in [6.45, 7) is 3.68. The van der Waals surface area contributed by atoms with Gasteiger partial charge in [-0.3, -0.25) is 4.79 Å². The van der Waals surface area contributed by atoms with E-state index in [0.717, 1.165) is 15.6 Å². The number of anilines is 1. The number of nitrogens with one attached hydrogen (secondary N) is 1. The summed E-state index contributed by atoms with van der Waals surface area (Å²) in [5.74, 6) is 1.04. The van der Waals surface area contributed by atoms with Crippen LogP contribution in [0.3, 0.4) is 0 Å². The van der Waals surface area contributed by atoms with Gasteiger partial charge in [0.1, 0.15) is 11.5 Å². The topological polar surface area (TPSA) is 42.2 Å². The van der Waals surface area contributed by atoms with Crippen LogP contribution in [0, 0.1) is 13.8 Å². The molecular weight excluding hydrogens is 390 g/mol. The van der Waals surface area contributed by atoms with E-state index in [0.29, 0.717) is 27.8 Å². The third kappa shape index (κ3) is 3.55. The number of hydrogen-bond acceptors (Lipinski definition) is 2. The van der Waals surface area contributed by atoms with Gasteiger partial charge in [0, 0.05) is 20.7 Å². The predicted molar refractivity (Wildman–Crippen MR) is 101 cm³/mol. The van der Waals surface area contributed by atoms with Crippen LogP contribution in [0.15, 0.2) is 57.4 Å². The average Bonchev–Trinajstić information content (AvgIpc) is 2.93. The molecule has 3 aromatic rings. The molecule has 3 nitrogen and oxygen atoms in total. The van der Waals surface area contributed by atoms with Crippen molar-refractivity contribution in [2.24, 2.45) is 0 Å².